The van der Waals surface area contributed by atoms with Crippen molar-refractivity contribution < 1.29 is 9.15 Å². The molecule has 0 fully saturated rings. The Hall–Kier alpha value is -5.29. The Balaban J connectivity index is 1.08. The van der Waals surface area contributed by atoms with Gasteiger partial charge in [-0.3, -0.25) is 4.98 Å². The lowest BCUT2D eigenvalue weighted by molar-refractivity contribution is 0.325. The summed E-state index contributed by atoms with van der Waals surface area (Å²) in [6.45, 7) is 6.66. The van der Waals surface area contributed by atoms with Crippen molar-refractivity contribution >= 4 is 22.1 Å². The summed E-state index contributed by atoms with van der Waals surface area (Å²) >= 11 is 0. The van der Waals surface area contributed by atoms with Crippen LogP contribution in [0, 0.1) is 5.41 Å². The van der Waals surface area contributed by atoms with Crippen LogP contribution in [0.2, 0.25) is 0 Å². The summed E-state index contributed by atoms with van der Waals surface area (Å²) in [5.74, 6) is 1.27. The first-order valence-corrected chi connectivity index (χ1v) is 16.4. The third kappa shape index (κ3) is 4.89. The van der Waals surface area contributed by atoms with Crippen molar-refractivity contribution in [3.05, 3.63) is 137 Å². The molecule has 4 heterocycles. The molecule has 5 heteroatoms. The van der Waals surface area contributed by atoms with Gasteiger partial charge in [-0.25, -0.2) is 9.97 Å². The molecule has 0 aliphatic heterocycles. The molecule has 0 saturated carbocycles. The SMILES string of the molecule is CC(C)(C)c1cc(Oc2cccc(-c3nccc4oc5nc6c(cc5c34)CC3(Cc4ccccc4C3)C6)n2)cc(-c2ccccc2)c1. The van der Waals surface area contributed by atoms with Crippen molar-refractivity contribution in [3.63, 3.8) is 0 Å². The highest BCUT2D eigenvalue weighted by atomic mass is 16.5. The van der Waals surface area contributed by atoms with Gasteiger partial charge in [0.2, 0.25) is 11.6 Å². The van der Waals surface area contributed by atoms with Crippen molar-refractivity contribution in [1.82, 2.24) is 15.0 Å². The van der Waals surface area contributed by atoms with Gasteiger partial charge in [0, 0.05) is 18.0 Å². The van der Waals surface area contributed by atoms with Crippen molar-refractivity contribution in [1.29, 1.82) is 0 Å². The number of rotatable bonds is 4. The van der Waals surface area contributed by atoms with Crippen LogP contribution >= 0.6 is 0 Å². The maximum absolute atomic E-state index is 6.49. The van der Waals surface area contributed by atoms with Gasteiger partial charge in [-0.15, -0.1) is 0 Å². The lowest BCUT2D eigenvalue weighted by Crippen LogP contribution is -2.21. The number of fused-ring (bicyclic) bond motifs is 5. The molecule has 0 N–H and O–H groups in total. The summed E-state index contributed by atoms with van der Waals surface area (Å²) in [7, 11) is 0. The predicted molar refractivity (Wildman–Crippen MR) is 187 cm³/mol. The van der Waals surface area contributed by atoms with E-state index >= 15 is 0 Å². The van der Waals surface area contributed by atoms with Gasteiger partial charge in [0.25, 0.3) is 0 Å². The molecule has 9 rings (SSSR count). The van der Waals surface area contributed by atoms with E-state index < -0.39 is 0 Å². The van der Waals surface area contributed by atoms with Gasteiger partial charge in [0.15, 0.2) is 0 Å². The van der Waals surface area contributed by atoms with E-state index in [2.05, 4.69) is 93.6 Å². The Kier molecular flexibility index (Phi) is 6.17. The lowest BCUT2D eigenvalue weighted by Gasteiger charge is -2.21. The van der Waals surface area contributed by atoms with Crippen LogP contribution in [-0.4, -0.2) is 15.0 Å². The van der Waals surface area contributed by atoms with Gasteiger partial charge >= 0.3 is 0 Å². The molecule has 1 spiro atoms. The molecular weight excluding hydrogens is 578 g/mol. The maximum Gasteiger partial charge on any atom is 0.227 e. The van der Waals surface area contributed by atoms with Gasteiger partial charge in [0.05, 0.1) is 16.5 Å². The van der Waals surface area contributed by atoms with E-state index in [1.54, 1.807) is 6.20 Å². The maximum atomic E-state index is 6.49. The zero-order valence-corrected chi connectivity index (χ0v) is 26.9. The molecule has 0 radical (unpaired) electrons. The van der Waals surface area contributed by atoms with Crippen molar-refractivity contribution in [3.8, 4) is 34.1 Å². The highest BCUT2D eigenvalue weighted by molar-refractivity contribution is 6.10. The molecule has 5 nitrogen and oxygen atoms in total. The molecular formula is C42H35N3O2. The second kappa shape index (κ2) is 10.4. The molecule has 230 valence electrons. The van der Waals surface area contributed by atoms with Crippen LogP contribution in [0.15, 0.2) is 114 Å². The fraction of sp³-hybridized carbons (Fsp3) is 0.214. The number of benzene rings is 3. The van der Waals surface area contributed by atoms with E-state index in [0.29, 0.717) is 11.6 Å². The zero-order chi connectivity index (χ0) is 31.8. The molecule has 3 aromatic carbocycles. The monoisotopic (exact) mass is 613 g/mol. The van der Waals surface area contributed by atoms with E-state index in [9.17, 15) is 0 Å². The first-order valence-electron chi connectivity index (χ1n) is 16.4. The van der Waals surface area contributed by atoms with Gasteiger partial charge in [-0.05, 0) is 100 Å². The minimum atomic E-state index is -0.0459. The van der Waals surface area contributed by atoms with Crippen LogP contribution in [0.5, 0.6) is 11.6 Å². The van der Waals surface area contributed by atoms with Gasteiger partial charge in [-0.2, -0.15) is 0 Å². The Bertz CT molecular complexity index is 2310. The third-order valence-electron chi connectivity index (χ3n) is 9.97. The summed E-state index contributed by atoms with van der Waals surface area (Å²) < 4.78 is 12.9. The molecule has 7 aromatic rings. The van der Waals surface area contributed by atoms with Gasteiger partial charge in [-0.1, -0.05) is 87.5 Å². The second-order valence-electron chi connectivity index (χ2n) is 14.4. The minimum Gasteiger partial charge on any atom is -0.439 e. The highest BCUT2D eigenvalue weighted by Crippen LogP contribution is 2.48. The van der Waals surface area contributed by atoms with Crippen LogP contribution in [0.4, 0.5) is 0 Å². The van der Waals surface area contributed by atoms with Crippen molar-refractivity contribution in [2.75, 3.05) is 0 Å². The standard InChI is InChI=1S/C42H35N3O2/c1-41(2,3)31-18-29(26-10-5-4-6-11-26)19-32(21-31)46-37-15-9-14-34(44-37)39-38-33-20-30-24-42(22-27-12-7-8-13-28(27)23-42)25-35(30)45-40(33)47-36(38)16-17-43-39/h4-21H,22-25H2,1-3H3. The van der Waals surface area contributed by atoms with Crippen molar-refractivity contribution in [2.45, 2.75) is 51.9 Å². The van der Waals surface area contributed by atoms with Crippen molar-refractivity contribution in [2.24, 2.45) is 5.41 Å². The first kappa shape index (κ1) is 28.0. The summed E-state index contributed by atoms with van der Waals surface area (Å²) in [6.07, 6.45) is 6.01. The van der Waals surface area contributed by atoms with Gasteiger partial charge < -0.3 is 9.15 Å². The largest absolute Gasteiger partial charge is 0.439 e. The van der Waals surface area contributed by atoms with E-state index in [4.69, 9.17) is 24.1 Å². The minimum absolute atomic E-state index is 0.0459. The average molecular weight is 614 g/mol. The van der Waals surface area contributed by atoms with Crippen LogP contribution in [0.1, 0.15) is 48.7 Å². The molecule has 4 aromatic heterocycles. The number of aromatic nitrogens is 3. The Labute approximate surface area is 274 Å². The number of hydrogen-bond donors (Lipinski definition) is 0. The number of nitrogens with zero attached hydrogens (tertiary/aromatic N) is 3. The fourth-order valence-electron chi connectivity index (χ4n) is 7.68. The Morgan fingerprint density at radius 1 is 0.702 bits per heavy atom. The number of furan rings is 1. The molecule has 0 amide bonds. The van der Waals surface area contributed by atoms with E-state index in [0.717, 1.165) is 70.3 Å². The van der Waals surface area contributed by atoms with Gasteiger partial charge in [0.1, 0.15) is 17.0 Å². The summed E-state index contributed by atoms with van der Waals surface area (Å²) in [6, 6.07) is 35.8. The molecule has 0 bridgehead atoms. The fourth-order valence-corrected chi connectivity index (χ4v) is 7.68. The second-order valence-corrected chi connectivity index (χ2v) is 14.4. The number of ether oxygens (including phenoxy) is 1. The van der Waals surface area contributed by atoms with Crippen LogP contribution in [-0.2, 0) is 31.1 Å². The van der Waals surface area contributed by atoms with E-state index in [1.807, 2.05) is 30.3 Å². The van der Waals surface area contributed by atoms with Crippen LogP contribution in [0.3, 0.4) is 0 Å². The normalized spacial score (nSPS) is 15.0. The summed E-state index contributed by atoms with van der Waals surface area (Å²) in [5.41, 5.74) is 12.0. The molecule has 2 aliphatic carbocycles. The predicted octanol–water partition coefficient (Wildman–Crippen LogP) is 10.1. The first-order chi connectivity index (χ1) is 22.8. The van der Waals surface area contributed by atoms with E-state index in [1.165, 1.54) is 27.9 Å². The Morgan fingerprint density at radius 3 is 2.26 bits per heavy atom. The molecule has 0 saturated heterocycles. The average Bonchev–Trinajstić information content (AvgIpc) is 3.73. The number of pyridine rings is 3. The third-order valence-corrected chi connectivity index (χ3v) is 9.97. The van der Waals surface area contributed by atoms with E-state index in [-0.39, 0.29) is 10.8 Å². The molecule has 2 aliphatic rings. The quantitative estimate of drug-likeness (QED) is 0.198. The zero-order valence-electron chi connectivity index (χ0n) is 26.9. The summed E-state index contributed by atoms with van der Waals surface area (Å²) in [5, 5.41) is 1.94. The highest BCUT2D eigenvalue weighted by Gasteiger charge is 2.43. The molecule has 47 heavy (non-hydrogen) atoms. The van der Waals surface area contributed by atoms with Crippen LogP contribution < -0.4 is 4.74 Å². The molecule has 0 unspecified atom stereocenters. The topological polar surface area (TPSA) is 61.0 Å². The lowest BCUT2D eigenvalue weighted by atomic mass is 9.82. The molecule has 0 atom stereocenters. The summed E-state index contributed by atoms with van der Waals surface area (Å²) in [4.78, 5) is 14.9. The number of hydrogen-bond acceptors (Lipinski definition) is 5. The Morgan fingerprint density at radius 2 is 1.47 bits per heavy atom. The van der Waals surface area contributed by atoms with Crippen LogP contribution in [0.25, 0.3) is 44.6 Å². The smallest absolute Gasteiger partial charge is 0.227 e.